The predicted molar refractivity (Wildman–Crippen MR) is 82.8 cm³/mol. The Bertz CT molecular complexity index is 635. The standard InChI is InChI=1S/C16H14BrNO3/c1-19-14-6-7-16(15(17)10-14)21-9-8-20-13-4-2-12(11-18)3-5-13/h2-7,10H,8-9H2,1H3. The van der Waals surface area contributed by atoms with Crippen LogP contribution in [0.5, 0.6) is 17.2 Å². The number of ether oxygens (including phenoxy) is 3. The minimum Gasteiger partial charge on any atom is -0.497 e. The van der Waals surface area contributed by atoms with Gasteiger partial charge in [-0.1, -0.05) is 0 Å². The maximum Gasteiger partial charge on any atom is 0.133 e. The van der Waals surface area contributed by atoms with Crippen molar-refractivity contribution in [1.82, 2.24) is 0 Å². The van der Waals surface area contributed by atoms with E-state index in [1.807, 2.05) is 18.2 Å². The van der Waals surface area contributed by atoms with Crippen molar-refractivity contribution in [3.05, 3.63) is 52.5 Å². The van der Waals surface area contributed by atoms with Gasteiger partial charge < -0.3 is 14.2 Å². The molecule has 0 N–H and O–H groups in total. The number of nitriles is 1. The van der Waals surface area contributed by atoms with Crippen molar-refractivity contribution in [2.45, 2.75) is 0 Å². The van der Waals surface area contributed by atoms with Crippen LogP contribution in [-0.4, -0.2) is 20.3 Å². The van der Waals surface area contributed by atoms with Crippen LogP contribution in [0, 0.1) is 11.3 Å². The molecule has 0 aromatic heterocycles. The number of rotatable bonds is 6. The maximum atomic E-state index is 8.71. The molecule has 0 aliphatic carbocycles. The van der Waals surface area contributed by atoms with E-state index in [9.17, 15) is 0 Å². The van der Waals surface area contributed by atoms with E-state index in [2.05, 4.69) is 22.0 Å². The molecular formula is C16H14BrNO3. The Morgan fingerprint density at radius 1 is 1.00 bits per heavy atom. The Hall–Kier alpha value is -2.19. The molecule has 0 unspecified atom stereocenters. The van der Waals surface area contributed by atoms with E-state index in [4.69, 9.17) is 19.5 Å². The van der Waals surface area contributed by atoms with Crippen molar-refractivity contribution in [2.24, 2.45) is 0 Å². The zero-order chi connectivity index (χ0) is 15.1. The van der Waals surface area contributed by atoms with Crippen molar-refractivity contribution >= 4 is 15.9 Å². The van der Waals surface area contributed by atoms with E-state index in [0.29, 0.717) is 24.5 Å². The number of hydrogen-bond acceptors (Lipinski definition) is 4. The van der Waals surface area contributed by atoms with E-state index >= 15 is 0 Å². The Labute approximate surface area is 132 Å². The third-order valence-electron chi connectivity index (χ3n) is 2.73. The summed E-state index contributed by atoms with van der Waals surface area (Å²) in [5, 5.41) is 8.71. The van der Waals surface area contributed by atoms with E-state index in [1.165, 1.54) is 0 Å². The second kappa shape index (κ2) is 7.55. The Balaban J connectivity index is 1.80. The first-order valence-electron chi connectivity index (χ1n) is 6.32. The third kappa shape index (κ3) is 4.40. The Kier molecular flexibility index (Phi) is 5.47. The molecular weight excluding hydrogens is 334 g/mol. The first-order valence-corrected chi connectivity index (χ1v) is 7.11. The molecule has 4 nitrogen and oxygen atoms in total. The van der Waals surface area contributed by atoms with Crippen LogP contribution < -0.4 is 14.2 Å². The molecule has 0 saturated heterocycles. The van der Waals surface area contributed by atoms with E-state index in [1.54, 1.807) is 31.4 Å². The molecule has 0 atom stereocenters. The van der Waals surface area contributed by atoms with Gasteiger partial charge in [-0.3, -0.25) is 0 Å². The van der Waals surface area contributed by atoms with Crippen LogP contribution >= 0.6 is 15.9 Å². The first-order chi connectivity index (χ1) is 10.2. The predicted octanol–water partition coefficient (Wildman–Crippen LogP) is 3.79. The quantitative estimate of drug-likeness (QED) is 0.746. The van der Waals surface area contributed by atoms with Gasteiger partial charge in [-0.15, -0.1) is 0 Å². The number of methoxy groups -OCH3 is 1. The first kappa shape index (κ1) is 15.2. The molecule has 0 heterocycles. The Morgan fingerprint density at radius 3 is 2.29 bits per heavy atom. The SMILES string of the molecule is COc1ccc(OCCOc2ccc(C#N)cc2)c(Br)c1. The van der Waals surface area contributed by atoms with Gasteiger partial charge in [0.2, 0.25) is 0 Å². The molecule has 0 aliphatic rings. The molecule has 0 saturated carbocycles. The molecule has 21 heavy (non-hydrogen) atoms. The minimum atomic E-state index is 0.421. The summed E-state index contributed by atoms with van der Waals surface area (Å²) in [7, 11) is 1.62. The highest BCUT2D eigenvalue weighted by atomic mass is 79.9. The average molecular weight is 348 g/mol. The monoisotopic (exact) mass is 347 g/mol. The topological polar surface area (TPSA) is 51.5 Å². The summed E-state index contributed by atoms with van der Waals surface area (Å²) in [6.45, 7) is 0.843. The largest absolute Gasteiger partial charge is 0.497 e. The van der Waals surface area contributed by atoms with Crippen molar-refractivity contribution in [3.8, 4) is 23.3 Å². The smallest absolute Gasteiger partial charge is 0.133 e. The molecule has 2 rings (SSSR count). The fourth-order valence-electron chi connectivity index (χ4n) is 1.66. The molecule has 0 bridgehead atoms. The van der Waals surface area contributed by atoms with Crippen LogP contribution in [0.4, 0.5) is 0 Å². The van der Waals surface area contributed by atoms with Crippen LogP contribution in [0.25, 0.3) is 0 Å². The van der Waals surface area contributed by atoms with E-state index in [0.717, 1.165) is 16.0 Å². The van der Waals surface area contributed by atoms with Crippen LogP contribution in [0.3, 0.4) is 0 Å². The lowest BCUT2D eigenvalue weighted by Gasteiger charge is -2.10. The summed E-state index contributed by atoms with van der Waals surface area (Å²) in [5.41, 5.74) is 0.612. The van der Waals surface area contributed by atoms with Crippen LogP contribution in [0.15, 0.2) is 46.9 Å². The van der Waals surface area contributed by atoms with Gasteiger partial charge in [0, 0.05) is 0 Å². The summed E-state index contributed by atoms with van der Waals surface area (Å²) < 4.78 is 17.1. The summed E-state index contributed by atoms with van der Waals surface area (Å²) >= 11 is 3.42. The van der Waals surface area contributed by atoms with Gasteiger partial charge in [-0.25, -0.2) is 0 Å². The van der Waals surface area contributed by atoms with E-state index in [-0.39, 0.29) is 0 Å². The van der Waals surface area contributed by atoms with Gasteiger partial charge in [0.15, 0.2) is 0 Å². The summed E-state index contributed by atoms with van der Waals surface area (Å²) in [4.78, 5) is 0. The highest BCUT2D eigenvalue weighted by molar-refractivity contribution is 9.10. The normalized spacial score (nSPS) is 9.76. The molecule has 2 aromatic rings. The summed E-state index contributed by atoms with van der Waals surface area (Å²) in [6.07, 6.45) is 0. The van der Waals surface area contributed by atoms with Crippen LogP contribution in [0.2, 0.25) is 0 Å². The second-order valence-corrected chi connectivity index (χ2v) is 4.98. The number of hydrogen-bond donors (Lipinski definition) is 0. The second-order valence-electron chi connectivity index (χ2n) is 4.13. The number of nitrogens with zero attached hydrogens (tertiary/aromatic N) is 1. The molecule has 5 heteroatoms. The molecule has 0 fully saturated rings. The fourth-order valence-corrected chi connectivity index (χ4v) is 2.13. The highest BCUT2D eigenvalue weighted by Gasteiger charge is 2.03. The van der Waals surface area contributed by atoms with E-state index < -0.39 is 0 Å². The van der Waals surface area contributed by atoms with Crippen molar-refractivity contribution in [2.75, 3.05) is 20.3 Å². The van der Waals surface area contributed by atoms with Crippen molar-refractivity contribution in [1.29, 1.82) is 5.26 Å². The molecule has 0 aliphatic heterocycles. The highest BCUT2D eigenvalue weighted by Crippen LogP contribution is 2.29. The zero-order valence-electron chi connectivity index (χ0n) is 11.5. The lowest BCUT2D eigenvalue weighted by atomic mass is 10.2. The van der Waals surface area contributed by atoms with Crippen molar-refractivity contribution in [3.63, 3.8) is 0 Å². The average Bonchev–Trinajstić information content (AvgIpc) is 2.53. The van der Waals surface area contributed by atoms with Crippen LogP contribution in [0.1, 0.15) is 5.56 Å². The number of benzene rings is 2. The zero-order valence-corrected chi connectivity index (χ0v) is 13.1. The van der Waals surface area contributed by atoms with Gasteiger partial charge >= 0.3 is 0 Å². The van der Waals surface area contributed by atoms with Crippen LogP contribution in [-0.2, 0) is 0 Å². The lowest BCUT2D eigenvalue weighted by molar-refractivity contribution is 0.216. The molecule has 2 aromatic carbocycles. The fraction of sp³-hybridized carbons (Fsp3) is 0.188. The molecule has 108 valence electrons. The molecule has 0 radical (unpaired) electrons. The minimum absolute atomic E-state index is 0.421. The van der Waals surface area contributed by atoms with Gasteiger partial charge in [0.1, 0.15) is 30.5 Å². The lowest BCUT2D eigenvalue weighted by Crippen LogP contribution is -2.09. The third-order valence-corrected chi connectivity index (χ3v) is 3.35. The summed E-state index contributed by atoms with van der Waals surface area (Å²) in [5.74, 6) is 2.22. The van der Waals surface area contributed by atoms with Gasteiger partial charge in [0.05, 0.1) is 23.2 Å². The van der Waals surface area contributed by atoms with Crippen molar-refractivity contribution < 1.29 is 14.2 Å². The maximum absolute atomic E-state index is 8.71. The van der Waals surface area contributed by atoms with Gasteiger partial charge in [-0.05, 0) is 58.4 Å². The van der Waals surface area contributed by atoms with Gasteiger partial charge in [-0.2, -0.15) is 5.26 Å². The molecule has 0 amide bonds. The number of halogens is 1. The molecule has 0 spiro atoms. The summed E-state index contributed by atoms with van der Waals surface area (Å²) in [6, 6.07) is 14.5. The Morgan fingerprint density at radius 2 is 1.67 bits per heavy atom. The van der Waals surface area contributed by atoms with Gasteiger partial charge in [0.25, 0.3) is 0 Å².